The van der Waals surface area contributed by atoms with Gasteiger partial charge in [-0.05, 0) is 28.4 Å². The summed E-state index contributed by atoms with van der Waals surface area (Å²) in [4.78, 5) is 0. The average Bonchev–Trinajstić information content (AvgIpc) is 2.71. The lowest BCUT2D eigenvalue weighted by Crippen LogP contribution is -2.33. The quantitative estimate of drug-likeness (QED) is 0.583. The topological polar surface area (TPSA) is 17.8 Å². The molecule has 0 saturated carbocycles. The van der Waals surface area contributed by atoms with Crippen molar-refractivity contribution in [3.05, 3.63) is 51.8 Å². The molecule has 1 heterocycles. The summed E-state index contributed by atoms with van der Waals surface area (Å²) >= 11 is 11.1. The highest BCUT2D eigenvalue weighted by atomic mass is 79.9. The standard InChI is InChI=1S/C15H17Br3N2/c1-11-14(18)13(20(2)19-11)8-15(9-16,10-17)12-6-4-3-5-7-12/h3-7H,8-10H2,1-2H3. The number of hydrogen-bond donors (Lipinski definition) is 0. The minimum atomic E-state index is 0.0179. The van der Waals surface area contributed by atoms with Gasteiger partial charge in [-0.2, -0.15) is 5.10 Å². The van der Waals surface area contributed by atoms with Gasteiger partial charge in [-0.3, -0.25) is 4.68 Å². The van der Waals surface area contributed by atoms with Crippen LogP contribution in [0.25, 0.3) is 0 Å². The summed E-state index contributed by atoms with van der Waals surface area (Å²) in [6, 6.07) is 10.6. The maximum Gasteiger partial charge on any atom is 0.0738 e. The molecule has 5 heteroatoms. The number of benzene rings is 1. The predicted molar refractivity (Wildman–Crippen MR) is 95.1 cm³/mol. The number of aryl methyl sites for hydroxylation is 2. The van der Waals surface area contributed by atoms with Crippen LogP contribution in [0.2, 0.25) is 0 Å². The van der Waals surface area contributed by atoms with Gasteiger partial charge in [-0.15, -0.1) is 0 Å². The second-order valence-electron chi connectivity index (χ2n) is 5.06. The summed E-state index contributed by atoms with van der Waals surface area (Å²) in [6.07, 6.45) is 0.922. The van der Waals surface area contributed by atoms with E-state index < -0.39 is 0 Å². The Kier molecular flexibility index (Phi) is 5.49. The molecule has 0 atom stereocenters. The molecule has 2 aromatic rings. The molecule has 0 radical (unpaired) electrons. The van der Waals surface area contributed by atoms with Crippen LogP contribution in [0, 0.1) is 6.92 Å². The minimum absolute atomic E-state index is 0.0179. The zero-order valence-electron chi connectivity index (χ0n) is 11.5. The second kappa shape index (κ2) is 6.75. The molecule has 0 aliphatic rings. The molecule has 1 aromatic heterocycles. The third-order valence-electron chi connectivity index (χ3n) is 3.67. The van der Waals surface area contributed by atoms with E-state index >= 15 is 0 Å². The van der Waals surface area contributed by atoms with Crippen LogP contribution in [-0.2, 0) is 18.9 Å². The molecule has 108 valence electrons. The monoisotopic (exact) mass is 462 g/mol. The largest absolute Gasteiger partial charge is 0.271 e. The van der Waals surface area contributed by atoms with E-state index in [1.54, 1.807) is 0 Å². The first-order valence-corrected chi connectivity index (χ1v) is 9.43. The Balaban J connectivity index is 2.45. The molecule has 0 N–H and O–H groups in total. The third-order valence-corrected chi connectivity index (χ3v) is 6.84. The van der Waals surface area contributed by atoms with Gasteiger partial charge in [0.15, 0.2) is 0 Å². The maximum atomic E-state index is 4.50. The van der Waals surface area contributed by atoms with Crippen LogP contribution in [0.5, 0.6) is 0 Å². The zero-order valence-corrected chi connectivity index (χ0v) is 16.3. The lowest BCUT2D eigenvalue weighted by Gasteiger charge is -2.31. The van der Waals surface area contributed by atoms with Gasteiger partial charge in [0.25, 0.3) is 0 Å². The van der Waals surface area contributed by atoms with Crippen molar-refractivity contribution in [3.8, 4) is 0 Å². The van der Waals surface area contributed by atoms with Crippen LogP contribution in [0.3, 0.4) is 0 Å². The Bertz CT molecular complexity index is 574. The van der Waals surface area contributed by atoms with E-state index in [0.717, 1.165) is 27.2 Å². The second-order valence-corrected chi connectivity index (χ2v) is 6.97. The van der Waals surface area contributed by atoms with Gasteiger partial charge in [0, 0.05) is 29.5 Å². The summed E-state index contributed by atoms with van der Waals surface area (Å²) in [7, 11) is 2.01. The molecule has 1 aromatic carbocycles. The number of aromatic nitrogens is 2. The molecule has 0 aliphatic carbocycles. The third kappa shape index (κ3) is 3.04. The van der Waals surface area contributed by atoms with E-state index in [9.17, 15) is 0 Å². The molecule has 0 amide bonds. The predicted octanol–water partition coefficient (Wildman–Crippen LogP) is 4.76. The van der Waals surface area contributed by atoms with E-state index in [2.05, 4.69) is 83.2 Å². The highest BCUT2D eigenvalue weighted by Gasteiger charge is 2.32. The summed E-state index contributed by atoms with van der Waals surface area (Å²) in [5, 5.41) is 6.29. The highest BCUT2D eigenvalue weighted by Crippen LogP contribution is 2.35. The first-order chi connectivity index (χ1) is 9.54. The minimum Gasteiger partial charge on any atom is -0.271 e. The molecule has 0 unspecified atom stereocenters. The fourth-order valence-corrected chi connectivity index (χ4v) is 4.82. The van der Waals surface area contributed by atoms with Gasteiger partial charge in [-0.25, -0.2) is 0 Å². The first kappa shape index (κ1) is 16.2. The van der Waals surface area contributed by atoms with Crippen molar-refractivity contribution in [2.45, 2.75) is 18.8 Å². The molecule has 20 heavy (non-hydrogen) atoms. The van der Waals surface area contributed by atoms with Crippen molar-refractivity contribution < 1.29 is 0 Å². The van der Waals surface area contributed by atoms with E-state index in [-0.39, 0.29) is 5.41 Å². The van der Waals surface area contributed by atoms with Gasteiger partial charge in [0.05, 0.1) is 15.9 Å². The number of alkyl halides is 2. The number of hydrogen-bond acceptors (Lipinski definition) is 1. The van der Waals surface area contributed by atoms with Crippen LogP contribution in [0.1, 0.15) is 17.0 Å². The molecular weight excluding hydrogens is 448 g/mol. The Labute approximate surface area is 145 Å². The summed E-state index contributed by atoms with van der Waals surface area (Å²) < 4.78 is 3.09. The van der Waals surface area contributed by atoms with Gasteiger partial charge < -0.3 is 0 Å². The van der Waals surface area contributed by atoms with Crippen molar-refractivity contribution in [2.75, 3.05) is 10.7 Å². The van der Waals surface area contributed by atoms with Gasteiger partial charge in [0.2, 0.25) is 0 Å². The molecule has 2 rings (SSSR count). The molecule has 0 spiro atoms. The Morgan fingerprint density at radius 2 is 1.75 bits per heavy atom. The van der Waals surface area contributed by atoms with E-state index in [1.165, 1.54) is 11.3 Å². The van der Waals surface area contributed by atoms with Crippen molar-refractivity contribution >= 4 is 47.8 Å². The summed E-state index contributed by atoms with van der Waals surface area (Å²) in [6.45, 7) is 2.03. The number of rotatable bonds is 5. The van der Waals surface area contributed by atoms with Gasteiger partial charge >= 0.3 is 0 Å². The Hall–Kier alpha value is -0.130. The molecule has 0 bridgehead atoms. The SMILES string of the molecule is Cc1nn(C)c(CC(CBr)(CBr)c2ccccc2)c1Br. The van der Waals surface area contributed by atoms with Crippen molar-refractivity contribution in [3.63, 3.8) is 0 Å². The highest BCUT2D eigenvalue weighted by molar-refractivity contribution is 9.10. The average molecular weight is 465 g/mol. The summed E-state index contributed by atoms with van der Waals surface area (Å²) in [5.41, 5.74) is 3.61. The van der Waals surface area contributed by atoms with Crippen LogP contribution >= 0.6 is 47.8 Å². The number of halogens is 3. The summed E-state index contributed by atoms with van der Waals surface area (Å²) in [5.74, 6) is 0. The zero-order chi connectivity index (χ0) is 14.8. The normalized spacial score (nSPS) is 11.8. The van der Waals surface area contributed by atoms with E-state index in [0.29, 0.717) is 0 Å². The molecular formula is C15H17Br3N2. The maximum absolute atomic E-state index is 4.50. The molecule has 0 saturated heterocycles. The molecule has 0 aliphatic heterocycles. The smallest absolute Gasteiger partial charge is 0.0738 e. The van der Waals surface area contributed by atoms with E-state index in [1.807, 2.05) is 18.7 Å². The fourth-order valence-electron chi connectivity index (χ4n) is 2.37. The van der Waals surface area contributed by atoms with Crippen molar-refractivity contribution in [1.29, 1.82) is 0 Å². The van der Waals surface area contributed by atoms with Crippen LogP contribution < -0.4 is 0 Å². The molecule has 2 nitrogen and oxygen atoms in total. The Morgan fingerprint density at radius 1 is 1.15 bits per heavy atom. The van der Waals surface area contributed by atoms with E-state index in [4.69, 9.17) is 0 Å². The van der Waals surface area contributed by atoms with Crippen LogP contribution in [0.15, 0.2) is 34.8 Å². The first-order valence-electron chi connectivity index (χ1n) is 6.39. The lowest BCUT2D eigenvalue weighted by molar-refractivity contribution is 0.522. The fraction of sp³-hybridized carbons (Fsp3) is 0.400. The van der Waals surface area contributed by atoms with Crippen molar-refractivity contribution in [1.82, 2.24) is 9.78 Å². The number of nitrogens with zero attached hydrogens (tertiary/aromatic N) is 2. The van der Waals surface area contributed by atoms with Gasteiger partial charge in [0.1, 0.15) is 0 Å². The van der Waals surface area contributed by atoms with Crippen LogP contribution in [-0.4, -0.2) is 20.4 Å². The van der Waals surface area contributed by atoms with Gasteiger partial charge in [-0.1, -0.05) is 62.2 Å². The Morgan fingerprint density at radius 3 is 2.20 bits per heavy atom. The van der Waals surface area contributed by atoms with Crippen LogP contribution in [0.4, 0.5) is 0 Å². The molecule has 0 fully saturated rings. The van der Waals surface area contributed by atoms with Crippen molar-refractivity contribution in [2.24, 2.45) is 7.05 Å². The lowest BCUT2D eigenvalue weighted by atomic mass is 9.80.